The van der Waals surface area contributed by atoms with Crippen LogP contribution in [-0.2, 0) is 11.2 Å². The maximum Gasteiger partial charge on any atom is 0.336 e. The van der Waals surface area contributed by atoms with Crippen LogP contribution in [0.1, 0.15) is 32.3 Å². The number of fused-ring (bicyclic) bond motifs is 1. The molecular weight excluding hydrogens is 334 g/mol. The Kier molecular flexibility index (Phi) is 5.61. The van der Waals surface area contributed by atoms with Crippen molar-refractivity contribution in [2.75, 3.05) is 19.7 Å². The number of benzene rings is 1. The van der Waals surface area contributed by atoms with Gasteiger partial charge in [0.15, 0.2) is 6.10 Å². The highest BCUT2D eigenvalue weighted by molar-refractivity contribution is 5.83. The molecule has 1 amide bonds. The second-order valence-electron chi connectivity index (χ2n) is 6.81. The molecular formula is C20H25NO5. The van der Waals surface area contributed by atoms with Crippen molar-refractivity contribution < 1.29 is 19.1 Å². The number of aliphatic hydroxyl groups excluding tert-OH is 1. The molecule has 1 fully saturated rings. The van der Waals surface area contributed by atoms with E-state index in [1.807, 2.05) is 13.0 Å². The number of piperidine rings is 1. The van der Waals surface area contributed by atoms with E-state index in [0.717, 1.165) is 30.2 Å². The Morgan fingerprint density at radius 2 is 2.08 bits per heavy atom. The van der Waals surface area contributed by atoms with Crippen LogP contribution in [0.4, 0.5) is 0 Å². The van der Waals surface area contributed by atoms with E-state index in [-0.39, 0.29) is 24.1 Å². The summed E-state index contributed by atoms with van der Waals surface area (Å²) in [4.78, 5) is 26.0. The van der Waals surface area contributed by atoms with Crippen molar-refractivity contribution in [2.45, 2.75) is 39.2 Å². The highest BCUT2D eigenvalue weighted by Gasteiger charge is 2.26. The van der Waals surface area contributed by atoms with Gasteiger partial charge in [0.25, 0.3) is 5.91 Å². The fourth-order valence-electron chi connectivity index (χ4n) is 3.42. The molecule has 0 bridgehead atoms. The molecule has 26 heavy (non-hydrogen) atoms. The predicted octanol–water partition coefficient (Wildman–Crippen LogP) is 2.35. The zero-order valence-electron chi connectivity index (χ0n) is 15.2. The third kappa shape index (κ3) is 3.90. The Bertz CT molecular complexity index is 836. The van der Waals surface area contributed by atoms with Crippen LogP contribution in [0, 0.1) is 5.92 Å². The number of aryl methyl sites for hydroxylation is 1. The summed E-state index contributed by atoms with van der Waals surface area (Å²) < 4.78 is 11.1. The van der Waals surface area contributed by atoms with Gasteiger partial charge >= 0.3 is 5.63 Å². The largest absolute Gasteiger partial charge is 0.481 e. The molecule has 0 spiro atoms. The summed E-state index contributed by atoms with van der Waals surface area (Å²) in [5, 5.41) is 10.1. The average Bonchev–Trinajstić information content (AvgIpc) is 2.66. The van der Waals surface area contributed by atoms with Gasteiger partial charge in [-0.1, -0.05) is 6.92 Å². The summed E-state index contributed by atoms with van der Waals surface area (Å²) in [6.45, 7) is 5.17. The quantitative estimate of drug-likeness (QED) is 0.829. The van der Waals surface area contributed by atoms with Crippen LogP contribution in [0.25, 0.3) is 11.0 Å². The van der Waals surface area contributed by atoms with E-state index < -0.39 is 6.10 Å². The lowest BCUT2D eigenvalue weighted by molar-refractivity contribution is -0.139. The molecule has 2 heterocycles. The van der Waals surface area contributed by atoms with E-state index in [0.29, 0.717) is 24.4 Å². The van der Waals surface area contributed by atoms with Gasteiger partial charge in [0.1, 0.15) is 11.3 Å². The lowest BCUT2D eigenvalue weighted by atomic mass is 9.97. The highest BCUT2D eigenvalue weighted by Crippen LogP contribution is 2.24. The first-order valence-electron chi connectivity index (χ1n) is 9.15. The number of hydrogen-bond donors (Lipinski definition) is 1. The van der Waals surface area contributed by atoms with Crippen LogP contribution in [-0.4, -0.2) is 41.7 Å². The topological polar surface area (TPSA) is 80.0 Å². The van der Waals surface area contributed by atoms with Crippen LogP contribution < -0.4 is 10.4 Å². The molecule has 1 aromatic carbocycles. The monoisotopic (exact) mass is 359 g/mol. The number of aliphatic hydroxyl groups is 1. The Morgan fingerprint density at radius 1 is 1.35 bits per heavy atom. The zero-order valence-corrected chi connectivity index (χ0v) is 15.2. The molecule has 1 aromatic heterocycles. The van der Waals surface area contributed by atoms with E-state index in [1.165, 1.54) is 6.07 Å². The van der Waals surface area contributed by atoms with Crippen LogP contribution in [0.5, 0.6) is 5.75 Å². The maximum atomic E-state index is 12.6. The van der Waals surface area contributed by atoms with Gasteiger partial charge in [-0.05, 0) is 49.8 Å². The van der Waals surface area contributed by atoms with Gasteiger partial charge in [0.05, 0.1) is 0 Å². The number of amides is 1. The van der Waals surface area contributed by atoms with E-state index in [2.05, 4.69) is 0 Å². The first-order valence-corrected chi connectivity index (χ1v) is 9.15. The van der Waals surface area contributed by atoms with Crippen molar-refractivity contribution in [3.63, 3.8) is 0 Å². The molecule has 0 saturated carbocycles. The molecule has 1 unspecified atom stereocenters. The summed E-state index contributed by atoms with van der Waals surface area (Å²) in [5.74, 6) is 0.719. The van der Waals surface area contributed by atoms with Gasteiger partial charge in [0, 0.05) is 37.2 Å². The average molecular weight is 359 g/mol. The SMILES string of the molecule is CCc1cc(=O)oc2cc(OC(C)C(=O)N3CCC(CO)CC3)ccc12. The standard InChI is InChI=1S/C20H25NO5/c1-3-15-10-19(23)26-18-11-16(4-5-17(15)18)25-13(2)20(24)21-8-6-14(12-22)7-9-21/h4-5,10-11,13-14,22H,3,6-9,12H2,1-2H3. The van der Waals surface area contributed by atoms with Gasteiger partial charge in [0.2, 0.25) is 0 Å². The minimum atomic E-state index is -0.626. The van der Waals surface area contributed by atoms with Crippen molar-refractivity contribution in [1.29, 1.82) is 0 Å². The van der Waals surface area contributed by atoms with Crippen molar-refractivity contribution >= 4 is 16.9 Å². The first-order chi connectivity index (χ1) is 12.5. The lowest BCUT2D eigenvalue weighted by Gasteiger charge is -2.32. The molecule has 1 aliphatic rings. The molecule has 6 heteroatoms. The van der Waals surface area contributed by atoms with Crippen molar-refractivity contribution in [2.24, 2.45) is 5.92 Å². The summed E-state index contributed by atoms with van der Waals surface area (Å²) in [7, 11) is 0. The fraction of sp³-hybridized carbons (Fsp3) is 0.500. The lowest BCUT2D eigenvalue weighted by Crippen LogP contribution is -2.45. The first kappa shape index (κ1) is 18.5. The minimum Gasteiger partial charge on any atom is -0.481 e. The van der Waals surface area contributed by atoms with E-state index >= 15 is 0 Å². The van der Waals surface area contributed by atoms with E-state index in [1.54, 1.807) is 24.0 Å². The molecule has 1 atom stereocenters. The highest BCUT2D eigenvalue weighted by atomic mass is 16.5. The molecule has 2 aromatic rings. The van der Waals surface area contributed by atoms with Gasteiger partial charge in [-0.25, -0.2) is 4.79 Å². The third-order valence-electron chi connectivity index (χ3n) is 5.03. The zero-order chi connectivity index (χ0) is 18.7. The van der Waals surface area contributed by atoms with Gasteiger partial charge in [-0.15, -0.1) is 0 Å². The van der Waals surface area contributed by atoms with Crippen LogP contribution in [0.15, 0.2) is 33.5 Å². The summed E-state index contributed by atoms with van der Waals surface area (Å²) in [6, 6.07) is 6.82. The molecule has 6 nitrogen and oxygen atoms in total. The predicted molar refractivity (Wildman–Crippen MR) is 98.3 cm³/mol. The molecule has 1 aliphatic heterocycles. The molecule has 1 saturated heterocycles. The molecule has 0 aliphatic carbocycles. The van der Waals surface area contributed by atoms with Gasteiger partial charge < -0.3 is 19.2 Å². The van der Waals surface area contributed by atoms with E-state index in [4.69, 9.17) is 9.15 Å². The van der Waals surface area contributed by atoms with Crippen molar-refractivity contribution in [1.82, 2.24) is 4.90 Å². The van der Waals surface area contributed by atoms with Crippen molar-refractivity contribution in [3.8, 4) is 5.75 Å². The molecule has 1 N–H and O–H groups in total. The van der Waals surface area contributed by atoms with Crippen molar-refractivity contribution in [3.05, 3.63) is 40.2 Å². The minimum absolute atomic E-state index is 0.0646. The van der Waals surface area contributed by atoms with Gasteiger partial charge in [-0.3, -0.25) is 4.79 Å². The Labute approximate surface area is 152 Å². The van der Waals surface area contributed by atoms with Crippen LogP contribution in [0.2, 0.25) is 0 Å². The molecule has 140 valence electrons. The smallest absolute Gasteiger partial charge is 0.336 e. The Balaban J connectivity index is 1.72. The normalized spacial score (nSPS) is 16.7. The van der Waals surface area contributed by atoms with Crippen LogP contribution >= 0.6 is 0 Å². The van der Waals surface area contributed by atoms with E-state index in [9.17, 15) is 14.7 Å². The summed E-state index contributed by atoms with van der Waals surface area (Å²) >= 11 is 0. The van der Waals surface area contributed by atoms with Crippen LogP contribution in [0.3, 0.4) is 0 Å². The number of rotatable bonds is 5. The molecule has 3 rings (SSSR count). The second-order valence-corrected chi connectivity index (χ2v) is 6.81. The number of carbonyl (C=O) groups excluding carboxylic acids is 1. The third-order valence-corrected chi connectivity index (χ3v) is 5.03. The second kappa shape index (κ2) is 7.91. The molecule has 0 radical (unpaired) electrons. The fourth-order valence-corrected chi connectivity index (χ4v) is 3.42. The Hall–Kier alpha value is -2.34. The number of likely N-dealkylation sites (tertiary alicyclic amines) is 1. The Morgan fingerprint density at radius 3 is 2.73 bits per heavy atom. The maximum absolute atomic E-state index is 12.6. The number of nitrogens with zero attached hydrogens (tertiary/aromatic N) is 1. The summed E-state index contributed by atoms with van der Waals surface area (Å²) in [5.41, 5.74) is 1.01. The number of hydrogen-bond acceptors (Lipinski definition) is 5. The summed E-state index contributed by atoms with van der Waals surface area (Å²) in [6.07, 6.45) is 1.74. The number of ether oxygens (including phenoxy) is 1. The van der Waals surface area contributed by atoms with Gasteiger partial charge in [-0.2, -0.15) is 0 Å². The number of carbonyl (C=O) groups is 1.